The molecule has 1 saturated heterocycles. The molecule has 1 fully saturated rings. The third-order valence-electron chi connectivity index (χ3n) is 3.26. The van der Waals surface area contributed by atoms with Crippen molar-refractivity contribution in [3.05, 3.63) is 48.5 Å². The van der Waals surface area contributed by atoms with Crippen molar-refractivity contribution in [1.29, 1.82) is 0 Å². The predicted octanol–water partition coefficient (Wildman–Crippen LogP) is 0.298. The summed E-state index contributed by atoms with van der Waals surface area (Å²) in [7, 11) is 7.07. The standard InChI is InChI=1S/C16H16B3O4/c1-20-11-17-22-14-6-2-12(3-7-14)18-13-4-8-15(9-5-13)23-19-16-10-21-16/h2-9,16H,10-11H2,1H3. The van der Waals surface area contributed by atoms with E-state index in [1.54, 1.807) is 22.1 Å². The molecule has 0 N–H and O–H groups in total. The van der Waals surface area contributed by atoms with E-state index in [9.17, 15) is 0 Å². The highest BCUT2D eigenvalue weighted by Gasteiger charge is 2.26. The summed E-state index contributed by atoms with van der Waals surface area (Å²) in [6.45, 7) is 1.22. The van der Waals surface area contributed by atoms with Gasteiger partial charge in [-0.25, -0.2) is 0 Å². The molecule has 2 aromatic rings. The molecule has 23 heavy (non-hydrogen) atoms. The smallest absolute Gasteiger partial charge is 0.403 e. The Morgan fingerprint density at radius 3 is 2.04 bits per heavy atom. The van der Waals surface area contributed by atoms with Crippen LogP contribution in [0.1, 0.15) is 0 Å². The van der Waals surface area contributed by atoms with Crippen LogP contribution in [0.25, 0.3) is 0 Å². The molecule has 4 nitrogen and oxygen atoms in total. The van der Waals surface area contributed by atoms with Gasteiger partial charge in [0.05, 0.1) is 30.6 Å². The highest BCUT2D eigenvalue weighted by atomic mass is 16.6. The van der Waals surface area contributed by atoms with Crippen molar-refractivity contribution < 1.29 is 18.8 Å². The van der Waals surface area contributed by atoms with Crippen molar-refractivity contribution in [3.63, 3.8) is 0 Å². The second-order valence-electron chi connectivity index (χ2n) is 5.15. The normalized spacial score (nSPS) is 15.6. The van der Waals surface area contributed by atoms with Gasteiger partial charge in [-0.1, -0.05) is 35.2 Å². The van der Waals surface area contributed by atoms with Crippen LogP contribution in [0.15, 0.2) is 48.5 Å². The summed E-state index contributed by atoms with van der Waals surface area (Å²) in [5, 5.41) is 0. The Bertz CT molecular complexity index is 600. The summed E-state index contributed by atoms with van der Waals surface area (Å²) in [5.41, 5.74) is 2.22. The summed E-state index contributed by atoms with van der Waals surface area (Å²) in [6, 6.07) is 16.0. The Morgan fingerprint density at radius 2 is 1.52 bits per heavy atom. The van der Waals surface area contributed by atoms with Crippen molar-refractivity contribution in [3.8, 4) is 11.5 Å². The van der Waals surface area contributed by atoms with Crippen LogP contribution in [0.3, 0.4) is 0 Å². The van der Waals surface area contributed by atoms with E-state index in [1.165, 1.54) is 0 Å². The SMILES string of the molecule is COC[B]Oc1ccc([B]c2ccc(O[B]C3CO3)cc2)cc1. The van der Waals surface area contributed by atoms with Gasteiger partial charge in [0.2, 0.25) is 0 Å². The van der Waals surface area contributed by atoms with E-state index in [4.69, 9.17) is 18.8 Å². The van der Waals surface area contributed by atoms with Crippen molar-refractivity contribution in [1.82, 2.24) is 0 Å². The van der Waals surface area contributed by atoms with E-state index in [0.717, 1.165) is 29.0 Å². The third kappa shape index (κ3) is 5.38. The lowest BCUT2D eigenvalue weighted by atomic mass is 9.64. The first-order valence-corrected chi connectivity index (χ1v) is 7.47. The minimum Gasteiger partial charge on any atom is -0.560 e. The second kappa shape index (κ2) is 8.13. The number of hydrogen-bond acceptors (Lipinski definition) is 4. The van der Waals surface area contributed by atoms with E-state index in [2.05, 4.69) is 7.28 Å². The van der Waals surface area contributed by atoms with Crippen LogP contribution in [0.4, 0.5) is 0 Å². The average molecular weight is 305 g/mol. The summed E-state index contributed by atoms with van der Waals surface area (Å²) in [5.74, 6) is 1.61. The van der Waals surface area contributed by atoms with E-state index in [-0.39, 0.29) is 6.00 Å². The van der Waals surface area contributed by atoms with Crippen LogP contribution in [0.5, 0.6) is 11.5 Å². The first-order chi connectivity index (χ1) is 11.3. The van der Waals surface area contributed by atoms with Crippen molar-refractivity contribution >= 4 is 33.2 Å². The van der Waals surface area contributed by atoms with Crippen LogP contribution in [-0.4, -0.2) is 48.5 Å². The number of hydrogen-bond donors (Lipinski definition) is 0. The molecule has 1 atom stereocenters. The van der Waals surface area contributed by atoms with Gasteiger partial charge in [-0.2, -0.15) is 0 Å². The summed E-state index contributed by atoms with van der Waals surface area (Å²) >= 11 is 0. The molecule has 0 aliphatic carbocycles. The van der Waals surface area contributed by atoms with Gasteiger partial charge in [0.25, 0.3) is 0 Å². The number of benzene rings is 2. The largest absolute Gasteiger partial charge is 0.560 e. The number of epoxide rings is 1. The molecular weight excluding hydrogens is 289 g/mol. The molecule has 1 unspecified atom stereocenters. The molecule has 0 spiro atoms. The molecule has 0 aromatic heterocycles. The lowest BCUT2D eigenvalue weighted by Gasteiger charge is -2.07. The van der Waals surface area contributed by atoms with E-state index in [1.807, 2.05) is 48.5 Å². The van der Waals surface area contributed by atoms with Gasteiger partial charge in [-0.3, -0.25) is 0 Å². The lowest BCUT2D eigenvalue weighted by molar-refractivity contribution is 0.243. The molecule has 3 radical (unpaired) electrons. The van der Waals surface area contributed by atoms with Crippen molar-refractivity contribution in [2.75, 3.05) is 20.2 Å². The van der Waals surface area contributed by atoms with Crippen molar-refractivity contribution in [2.24, 2.45) is 0 Å². The van der Waals surface area contributed by atoms with Gasteiger partial charge in [0.15, 0.2) is 7.28 Å². The van der Waals surface area contributed by atoms with E-state index in [0.29, 0.717) is 6.51 Å². The lowest BCUT2D eigenvalue weighted by Crippen LogP contribution is -2.26. The van der Waals surface area contributed by atoms with Crippen molar-refractivity contribution in [2.45, 2.75) is 6.00 Å². The van der Waals surface area contributed by atoms with Crippen LogP contribution in [-0.2, 0) is 9.47 Å². The number of methoxy groups -OCH3 is 1. The molecule has 7 heteroatoms. The molecule has 113 valence electrons. The van der Waals surface area contributed by atoms with Gasteiger partial charge in [0.1, 0.15) is 0 Å². The van der Waals surface area contributed by atoms with Crippen LogP contribution >= 0.6 is 0 Å². The summed E-state index contributed by atoms with van der Waals surface area (Å²) in [4.78, 5) is 0. The Hall–Kier alpha value is -1.85. The van der Waals surface area contributed by atoms with Crippen LogP contribution < -0.4 is 20.2 Å². The fraction of sp³-hybridized carbons (Fsp3) is 0.250. The van der Waals surface area contributed by atoms with Gasteiger partial charge >= 0.3 is 15.0 Å². The van der Waals surface area contributed by atoms with Gasteiger partial charge in [0, 0.05) is 7.11 Å². The molecule has 0 saturated carbocycles. The Labute approximate surface area is 138 Å². The molecule has 1 heterocycles. The van der Waals surface area contributed by atoms with Gasteiger partial charge in [-0.05, 0) is 24.3 Å². The molecule has 3 rings (SSSR count). The minimum absolute atomic E-state index is 0.156. The maximum atomic E-state index is 5.50. The molecular formula is C16H16B3O4. The molecule has 1 aliphatic heterocycles. The average Bonchev–Trinajstić information content (AvgIpc) is 3.40. The molecule has 2 aromatic carbocycles. The first kappa shape index (κ1) is 16.0. The quantitative estimate of drug-likeness (QED) is 0.379. The van der Waals surface area contributed by atoms with Gasteiger partial charge in [-0.15, -0.1) is 0 Å². The molecule has 0 amide bonds. The zero-order valence-electron chi connectivity index (χ0n) is 13.0. The van der Waals surface area contributed by atoms with E-state index < -0.39 is 0 Å². The Balaban J connectivity index is 1.49. The fourth-order valence-electron chi connectivity index (χ4n) is 1.96. The third-order valence-corrected chi connectivity index (χ3v) is 3.26. The second-order valence-corrected chi connectivity index (χ2v) is 5.15. The van der Waals surface area contributed by atoms with Gasteiger partial charge < -0.3 is 18.8 Å². The fourth-order valence-corrected chi connectivity index (χ4v) is 1.96. The van der Waals surface area contributed by atoms with Crippen LogP contribution in [0, 0.1) is 0 Å². The topological polar surface area (TPSA) is 40.2 Å². The molecule has 0 bridgehead atoms. The highest BCUT2D eigenvalue weighted by Crippen LogP contribution is 2.12. The maximum absolute atomic E-state index is 5.50. The maximum Gasteiger partial charge on any atom is 0.403 e. The predicted molar refractivity (Wildman–Crippen MR) is 92.3 cm³/mol. The zero-order valence-corrected chi connectivity index (χ0v) is 13.0. The minimum atomic E-state index is 0.156. The number of rotatable bonds is 9. The zero-order chi connectivity index (χ0) is 15.9. The monoisotopic (exact) mass is 305 g/mol. The summed E-state index contributed by atoms with van der Waals surface area (Å²) < 4.78 is 20.9. The highest BCUT2D eigenvalue weighted by molar-refractivity contribution is 6.67. The first-order valence-electron chi connectivity index (χ1n) is 7.47. The Morgan fingerprint density at radius 1 is 0.957 bits per heavy atom. The van der Waals surface area contributed by atoms with Crippen LogP contribution in [0.2, 0.25) is 0 Å². The molecule has 1 aliphatic rings. The Kier molecular flexibility index (Phi) is 5.67. The number of ether oxygens (including phenoxy) is 2. The van der Waals surface area contributed by atoms with E-state index >= 15 is 0 Å². The summed E-state index contributed by atoms with van der Waals surface area (Å²) in [6.07, 6.45) is 0.